The van der Waals surface area contributed by atoms with Crippen LogP contribution in [0.4, 0.5) is 0 Å². The number of phenols is 1. The van der Waals surface area contributed by atoms with Gasteiger partial charge in [-0.15, -0.1) is 0 Å². The monoisotopic (exact) mass is 286 g/mol. The third-order valence-electron chi connectivity index (χ3n) is 3.61. The topological polar surface area (TPSA) is 20.2 Å². The summed E-state index contributed by atoms with van der Waals surface area (Å²) in [4.78, 5) is 0. The van der Waals surface area contributed by atoms with Gasteiger partial charge in [0, 0.05) is 0 Å². The van der Waals surface area contributed by atoms with Crippen LogP contribution in [0.3, 0.4) is 0 Å². The minimum absolute atomic E-state index is 0.358. The van der Waals surface area contributed by atoms with E-state index in [1.54, 1.807) is 12.1 Å². The lowest BCUT2D eigenvalue weighted by Crippen LogP contribution is -1.85. The molecule has 116 valence electrons. The predicted octanol–water partition coefficient (Wildman–Crippen LogP) is 6.19. The van der Waals surface area contributed by atoms with E-state index < -0.39 is 0 Å². The third-order valence-corrected chi connectivity index (χ3v) is 3.61. The number of unbranched alkanes of at least 4 members (excludes halogenated alkanes) is 6. The highest BCUT2D eigenvalue weighted by molar-refractivity contribution is 5.25. The molecule has 1 rings (SSSR count). The fourth-order valence-corrected chi connectivity index (χ4v) is 2.30. The normalized spacial score (nSPS) is 11.7. The fourth-order valence-electron chi connectivity index (χ4n) is 2.30. The molecule has 0 atom stereocenters. The number of hydrogen-bond acceptors (Lipinski definition) is 1. The Morgan fingerprint density at radius 1 is 0.810 bits per heavy atom. The van der Waals surface area contributed by atoms with Gasteiger partial charge in [0.15, 0.2) is 0 Å². The van der Waals surface area contributed by atoms with E-state index in [1.807, 2.05) is 12.1 Å². The summed E-state index contributed by atoms with van der Waals surface area (Å²) in [5.41, 5.74) is 1.33. The molecule has 21 heavy (non-hydrogen) atoms. The Bertz CT molecular complexity index is 400. The van der Waals surface area contributed by atoms with Crippen LogP contribution in [0.15, 0.2) is 48.6 Å². The minimum atomic E-state index is 0.358. The summed E-state index contributed by atoms with van der Waals surface area (Å²) >= 11 is 0. The summed E-state index contributed by atoms with van der Waals surface area (Å²) in [5, 5.41) is 9.22. The number of rotatable bonds is 11. The molecule has 0 bridgehead atoms. The zero-order valence-electron chi connectivity index (χ0n) is 13.4. The molecule has 0 spiro atoms. The van der Waals surface area contributed by atoms with Crippen molar-refractivity contribution >= 4 is 0 Å². The van der Waals surface area contributed by atoms with Gasteiger partial charge < -0.3 is 5.11 Å². The van der Waals surface area contributed by atoms with Gasteiger partial charge in [-0.3, -0.25) is 0 Å². The van der Waals surface area contributed by atoms with Crippen molar-refractivity contribution in [3.05, 3.63) is 54.1 Å². The van der Waals surface area contributed by atoms with E-state index in [1.165, 1.54) is 56.9 Å². The van der Waals surface area contributed by atoms with Crippen molar-refractivity contribution in [2.45, 2.75) is 64.7 Å². The second kappa shape index (κ2) is 12.3. The molecule has 0 aliphatic heterocycles. The number of benzene rings is 1. The van der Waals surface area contributed by atoms with Gasteiger partial charge in [0.2, 0.25) is 0 Å². The van der Waals surface area contributed by atoms with E-state index in [4.69, 9.17) is 0 Å². The van der Waals surface area contributed by atoms with Crippen LogP contribution in [0.5, 0.6) is 5.75 Å². The lowest BCUT2D eigenvalue weighted by Gasteiger charge is -2.02. The standard InChI is InChI=1S/C20H30O/c1-2-3-4-5-6-7-8-9-10-11-12-13-14-19-15-17-20(21)18-16-19/h4-7,15-18,21H,2-3,8-14H2,1H3/b5-4-,7-6-. The highest BCUT2D eigenvalue weighted by atomic mass is 16.3. The Balaban J connectivity index is 1.92. The first-order valence-electron chi connectivity index (χ1n) is 8.42. The molecule has 0 aliphatic carbocycles. The maximum Gasteiger partial charge on any atom is 0.115 e. The zero-order valence-corrected chi connectivity index (χ0v) is 13.4. The Kier molecular flexibility index (Phi) is 10.2. The van der Waals surface area contributed by atoms with Crippen molar-refractivity contribution in [1.82, 2.24) is 0 Å². The molecule has 0 aliphatic rings. The van der Waals surface area contributed by atoms with Crippen LogP contribution in [0.25, 0.3) is 0 Å². The van der Waals surface area contributed by atoms with Crippen molar-refractivity contribution in [3.8, 4) is 5.75 Å². The average Bonchev–Trinajstić information content (AvgIpc) is 2.50. The first-order valence-corrected chi connectivity index (χ1v) is 8.42. The van der Waals surface area contributed by atoms with Crippen LogP contribution in [-0.2, 0) is 6.42 Å². The molecule has 1 nitrogen and oxygen atoms in total. The average molecular weight is 286 g/mol. The lowest BCUT2D eigenvalue weighted by molar-refractivity contribution is 0.475. The first kappa shape index (κ1) is 17.6. The summed E-state index contributed by atoms with van der Waals surface area (Å²) in [7, 11) is 0. The van der Waals surface area contributed by atoms with Crippen LogP contribution < -0.4 is 0 Å². The fraction of sp³-hybridized carbons (Fsp3) is 0.500. The molecule has 1 heteroatoms. The van der Waals surface area contributed by atoms with Crippen molar-refractivity contribution in [1.29, 1.82) is 0 Å². The molecular weight excluding hydrogens is 256 g/mol. The molecule has 0 fully saturated rings. The molecule has 0 amide bonds. The van der Waals surface area contributed by atoms with E-state index in [0.717, 1.165) is 6.42 Å². The van der Waals surface area contributed by atoms with Crippen molar-refractivity contribution < 1.29 is 5.11 Å². The van der Waals surface area contributed by atoms with Crippen LogP contribution in [-0.4, -0.2) is 5.11 Å². The Morgan fingerprint density at radius 2 is 1.43 bits per heavy atom. The summed E-state index contributed by atoms with van der Waals surface area (Å²) in [5.74, 6) is 0.358. The van der Waals surface area contributed by atoms with E-state index in [9.17, 15) is 5.11 Å². The van der Waals surface area contributed by atoms with Gasteiger partial charge in [-0.25, -0.2) is 0 Å². The molecular formula is C20H30O. The Labute approximate surface area is 130 Å². The van der Waals surface area contributed by atoms with Gasteiger partial charge in [0.05, 0.1) is 0 Å². The third kappa shape index (κ3) is 9.95. The van der Waals surface area contributed by atoms with E-state index >= 15 is 0 Å². The molecule has 1 aromatic carbocycles. The summed E-state index contributed by atoms with van der Waals surface area (Å²) in [6.45, 7) is 2.20. The highest BCUT2D eigenvalue weighted by Gasteiger charge is 1.94. The number of phenolic OH excluding ortho intramolecular Hbond substituents is 1. The number of hydrogen-bond donors (Lipinski definition) is 1. The summed E-state index contributed by atoms with van der Waals surface area (Å²) < 4.78 is 0. The smallest absolute Gasteiger partial charge is 0.115 e. The van der Waals surface area contributed by atoms with Crippen molar-refractivity contribution in [2.75, 3.05) is 0 Å². The SMILES string of the molecule is CCC/C=C\C=C/CCCCCCCc1ccc(O)cc1. The molecule has 0 saturated carbocycles. The summed E-state index contributed by atoms with van der Waals surface area (Å²) in [6, 6.07) is 7.59. The quantitative estimate of drug-likeness (QED) is 0.380. The zero-order chi connectivity index (χ0) is 15.2. The van der Waals surface area contributed by atoms with Gasteiger partial charge in [-0.2, -0.15) is 0 Å². The largest absolute Gasteiger partial charge is 0.508 e. The number of aromatic hydroxyl groups is 1. The van der Waals surface area contributed by atoms with Crippen LogP contribution in [0.1, 0.15) is 63.9 Å². The number of aryl methyl sites for hydroxylation is 1. The number of allylic oxidation sites excluding steroid dienone is 4. The molecule has 0 radical (unpaired) electrons. The molecule has 1 N–H and O–H groups in total. The maximum absolute atomic E-state index is 9.22. The van der Waals surface area contributed by atoms with Gasteiger partial charge >= 0.3 is 0 Å². The summed E-state index contributed by atoms with van der Waals surface area (Å²) in [6.07, 6.45) is 20.1. The second-order valence-electron chi connectivity index (χ2n) is 5.62. The van der Waals surface area contributed by atoms with Crippen LogP contribution in [0.2, 0.25) is 0 Å². The highest BCUT2D eigenvalue weighted by Crippen LogP contribution is 2.13. The molecule has 0 aromatic heterocycles. The Hall–Kier alpha value is -1.50. The van der Waals surface area contributed by atoms with E-state index in [0.29, 0.717) is 5.75 Å². The van der Waals surface area contributed by atoms with Gasteiger partial charge in [0.25, 0.3) is 0 Å². The van der Waals surface area contributed by atoms with Crippen LogP contribution >= 0.6 is 0 Å². The van der Waals surface area contributed by atoms with E-state index in [-0.39, 0.29) is 0 Å². The maximum atomic E-state index is 9.22. The molecule has 0 unspecified atom stereocenters. The minimum Gasteiger partial charge on any atom is -0.508 e. The molecule has 0 heterocycles. The predicted molar refractivity (Wildman–Crippen MR) is 92.7 cm³/mol. The lowest BCUT2D eigenvalue weighted by atomic mass is 10.0. The van der Waals surface area contributed by atoms with E-state index in [2.05, 4.69) is 31.2 Å². The molecule has 0 saturated heterocycles. The van der Waals surface area contributed by atoms with Crippen LogP contribution in [0, 0.1) is 0 Å². The van der Waals surface area contributed by atoms with Crippen molar-refractivity contribution in [3.63, 3.8) is 0 Å². The van der Waals surface area contributed by atoms with Gasteiger partial charge in [-0.05, 0) is 49.8 Å². The molecule has 1 aromatic rings. The Morgan fingerprint density at radius 3 is 2.14 bits per heavy atom. The van der Waals surface area contributed by atoms with Gasteiger partial charge in [-0.1, -0.05) is 69.0 Å². The first-order chi connectivity index (χ1) is 10.3. The van der Waals surface area contributed by atoms with Crippen molar-refractivity contribution in [2.24, 2.45) is 0 Å². The van der Waals surface area contributed by atoms with Gasteiger partial charge in [0.1, 0.15) is 5.75 Å². The second-order valence-corrected chi connectivity index (χ2v) is 5.62.